The van der Waals surface area contributed by atoms with E-state index in [-0.39, 0.29) is 5.78 Å². The Bertz CT molecular complexity index is 919. The molecule has 0 amide bonds. The fourth-order valence-corrected chi connectivity index (χ4v) is 2.80. The predicted molar refractivity (Wildman–Crippen MR) is 111 cm³/mol. The largest absolute Gasteiger partial charge is 0.486 e. The minimum absolute atomic E-state index is 0.0676. The van der Waals surface area contributed by atoms with E-state index in [4.69, 9.17) is 9.15 Å². The smallest absolute Gasteiger partial charge is 0.185 e. The molecule has 1 aromatic heterocycles. The number of ether oxygens (including phenoxy) is 1. The number of rotatable bonds is 7. The summed E-state index contributed by atoms with van der Waals surface area (Å²) >= 11 is 3.36. The molecule has 0 N–H and O–H groups in total. The Morgan fingerprint density at radius 1 is 1.04 bits per heavy atom. The Labute approximate surface area is 167 Å². The van der Waals surface area contributed by atoms with Crippen LogP contribution in [0.3, 0.4) is 0 Å². The first-order valence-electron chi connectivity index (χ1n) is 8.81. The zero-order valence-corrected chi connectivity index (χ0v) is 16.9. The SMILES string of the molecule is CC(C)c1ccc(OCc2ccc(/C=C/C(=O)c3ccc(Br)cc3)o2)cc1. The molecule has 4 heteroatoms. The summed E-state index contributed by atoms with van der Waals surface area (Å²) < 4.78 is 12.4. The van der Waals surface area contributed by atoms with Gasteiger partial charge >= 0.3 is 0 Å². The van der Waals surface area contributed by atoms with Gasteiger partial charge in [0, 0.05) is 10.0 Å². The second kappa shape index (κ2) is 8.87. The molecule has 27 heavy (non-hydrogen) atoms. The third-order valence-electron chi connectivity index (χ3n) is 4.14. The Hall–Kier alpha value is -2.59. The minimum Gasteiger partial charge on any atom is -0.486 e. The van der Waals surface area contributed by atoms with Crippen molar-refractivity contribution in [1.29, 1.82) is 0 Å². The van der Waals surface area contributed by atoms with Gasteiger partial charge in [0.05, 0.1) is 0 Å². The Morgan fingerprint density at radius 2 is 1.74 bits per heavy atom. The van der Waals surface area contributed by atoms with Crippen LogP contribution in [0, 0.1) is 0 Å². The Balaban J connectivity index is 1.56. The predicted octanol–water partition coefficient (Wildman–Crippen LogP) is 6.64. The lowest BCUT2D eigenvalue weighted by atomic mass is 10.0. The van der Waals surface area contributed by atoms with Crippen molar-refractivity contribution >= 4 is 27.8 Å². The molecule has 3 aromatic rings. The molecule has 0 fully saturated rings. The molecular weight excluding hydrogens is 404 g/mol. The quantitative estimate of drug-likeness (QED) is 0.315. The van der Waals surface area contributed by atoms with Gasteiger partial charge in [-0.1, -0.05) is 41.9 Å². The third kappa shape index (κ3) is 5.44. The number of carbonyl (C=O) groups is 1. The summed E-state index contributed by atoms with van der Waals surface area (Å²) in [5.41, 5.74) is 1.91. The van der Waals surface area contributed by atoms with Crippen LogP contribution in [0.15, 0.2) is 75.6 Å². The van der Waals surface area contributed by atoms with Crippen LogP contribution in [0.1, 0.15) is 47.2 Å². The van der Waals surface area contributed by atoms with Crippen molar-refractivity contribution in [1.82, 2.24) is 0 Å². The van der Waals surface area contributed by atoms with E-state index in [0.29, 0.717) is 29.6 Å². The normalized spacial score (nSPS) is 11.3. The van der Waals surface area contributed by atoms with Gasteiger partial charge in [0.15, 0.2) is 5.78 Å². The maximum atomic E-state index is 12.2. The summed E-state index contributed by atoms with van der Waals surface area (Å²) in [6, 6.07) is 19.0. The van der Waals surface area contributed by atoms with Crippen LogP contribution in [-0.4, -0.2) is 5.78 Å². The summed E-state index contributed by atoms with van der Waals surface area (Å²) in [5, 5.41) is 0. The van der Waals surface area contributed by atoms with Gasteiger partial charge in [-0.3, -0.25) is 4.79 Å². The van der Waals surface area contributed by atoms with E-state index in [9.17, 15) is 4.79 Å². The highest BCUT2D eigenvalue weighted by Crippen LogP contribution is 2.20. The van der Waals surface area contributed by atoms with Crippen molar-refractivity contribution in [3.63, 3.8) is 0 Å². The number of hydrogen-bond donors (Lipinski definition) is 0. The number of hydrogen-bond acceptors (Lipinski definition) is 3. The number of carbonyl (C=O) groups excluding carboxylic acids is 1. The number of benzene rings is 2. The number of ketones is 1. The van der Waals surface area contributed by atoms with Gasteiger partial charge in [-0.15, -0.1) is 0 Å². The summed E-state index contributed by atoms with van der Waals surface area (Å²) in [4.78, 5) is 12.2. The fourth-order valence-electron chi connectivity index (χ4n) is 2.53. The molecule has 3 rings (SSSR count). The van der Waals surface area contributed by atoms with Crippen molar-refractivity contribution in [2.45, 2.75) is 26.4 Å². The molecule has 0 bridgehead atoms. The lowest BCUT2D eigenvalue weighted by Crippen LogP contribution is -1.94. The topological polar surface area (TPSA) is 39.4 Å². The van der Waals surface area contributed by atoms with Crippen molar-refractivity contribution in [2.75, 3.05) is 0 Å². The molecule has 0 spiro atoms. The third-order valence-corrected chi connectivity index (χ3v) is 4.67. The molecule has 0 atom stereocenters. The van der Waals surface area contributed by atoms with Gasteiger partial charge in [0.2, 0.25) is 0 Å². The van der Waals surface area contributed by atoms with Gasteiger partial charge < -0.3 is 9.15 Å². The summed E-state index contributed by atoms with van der Waals surface area (Å²) in [6.07, 6.45) is 3.18. The summed E-state index contributed by atoms with van der Waals surface area (Å²) in [6.45, 7) is 4.67. The average molecular weight is 425 g/mol. The van der Waals surface area contributed by atoms with Gasteiger partial charge in [-0.2, -0.15) is 0 Å². The Kier molecular flexibility index (Phi) is 6.30. The minimum atomic E-state index is -0.0676. The highest BCUT2D eigenvalue weighted by Gasteiger charge is 2.05. The Morgan fingerprint density at radius 3 is 2.41 bits per heavy atom. The van der Waals surface area contributed by atoms with E-state index in [0.717, 1.165) is 10.2 Å². The molecule has 0 aliphatic rings. The standard InChI is InChI=1S/C23H21BrO3/c1-16(2)17-5-9-20(10-6-17)26-15-22-12-11-21(27-22)13-14-23(25)18-3-7-19(24)8-4-18/h3-14,16H,15H2,1-2H3/b14-13+. The van der Waals surface area contributed by atoms with Crippen LogP contribution in [-0.2, 0) is 6.61 Å². The molecule has 0 unspecified atom stereocenters. The second-order valence-electron chi connectivity index (χ2n) is 6.52. The molecule has 3 nitrogen and oxygen atoms in total. The van der Waals surface area contributed by atoms with E-state index < -0.39 is 0 Å². The first-order chi connectivity index (χ1) is 13.0. The molecule has 2 aromatic carbocycles. The van der Waals surface area contributed by atoms with Crippen LogP contribution in [0.25, 0.3) is 6.08 Å². The van der Waals surface area contributed by atoms with Crippen molar-refractivity contribution in [3.05, 3.63) is 93.9 Å². The first-order valence-corrected chi connectivity index (χ1v) is 9.60. The summed E-state index contributed by atoms with van der Waals surface area (Å²) in [7, 11) is 0. The van der Waals surface area contributed by atoms with Crippen LogP contribution in [0.5, 0.6) is 5.75 Å². The van der Waals surface area contributed by atoms with Crippen molar-refractivity contribution in [2.24, 2.45) is 0 Å². The fraction of sp³-hybridized carbons (Fsp3) is 0.174. The molecule has 0 aliphatic heterocycles. The highest BCUT2D eigenvalue weighted by atomic mass is 79.9. The molecule has 0 saturated heterocycles. The number of halogens is 1. The van der Waals surface area contributed by atoms with Crippen molar-refractivity contribution in [3.8, 4) is 5.75 Å². The van der Waals surface area contributed by atoms with E-state index in [2.05, 4.69) is 41.9 Å². The van der Waals surface area contributed by atoms with Gasteiger partial charge in [-0.25, -0.2) is 0 Å². The molecule has 0 saturated carbocycles. The van der Waals surface area contributed by atoms with E-state index in [1.165, 1.54) is 11.6 Å². The lowest BCUT2D eigenvalue weighted by molar-refractivity contribution is 0.104. The van der Waals surface area contributed by atoms with Gasteiger partial charge in [-0.05, 0) is 72.2 Å². The average Bonchev–Trinajstić information content (AvgIpc) is 3.13. The van der Waals surface area contributed by atoms with Crippen LogP contribution in [0.4, 0.5) is 0 Å². The maximum Gasteiger partial charge on any atom is 0.185 e. The zero-order chi connectivity index (χ0) is 19.2. The maximum absolute atomic E-state index is 12.2. The highest BCUT2D eigenvalue weighted by molar-refractivity contribution is 9.10. The molecule has 0 radical (unpaired) electrons. The molecular formula is C23H21BrO3. The molecule has 0 aliphatic carbocycles. The van der Waals surface area contributed by atoms with Gasteiger partial charge in [0.25, 0.3) is 0 Å². The van der Waals surface area contributed by atoms with Crippen LogP contribution in [0.2, 0.25) is 0 Å². The molecule has 138 valence electrons. The second-order valence-corrected chi connectivity index (χ2v) is 7.44. The van der Waals surface area contributed by atoms with Crippen LogP contribution >= 0.6 is 15.9 Å². The summed E-state index contributed by atoms with van der Waals surface area (Å²) in [5.74, 6) is 2.56. The van der Waals surface area contributed by atoms with E-state index in [1.807, 2.05) is 36.4 Å². The van der Waals surface area contributed by atoms with Gasteiger partial charge in [0.1, 0.15) is 23.9 Å². The number of furan rings is 1. The van der Waals surface area contributed by atoms with E-state index >= 15 is 0 Å². The lowest BCUT2D eigenvalue weighted by Gasteiger charge is -2.07. The molecule has 1 heterocycles. The zero-order valence-electron chi connectivity index (χ0n) is 15.3. The van der Waals surface area contributed by atoms with E-state index in [1.54, 1.807) is 18.2 Å². The first kappa shape index (κ1) is 19.2. The number of allylic oxidation sites excluding steroid dienone is 1. The van der Waals surface area contributed by atoms with Crippen molar-refractivity contribution < 1.29 is 13.9 Å². The van der Waals surface area contributed by atoms with Crippen LogP contribution < -0.4 is 4.74 Å². The monoisotopic (exact) mass is 424 g/mol.